The van der Waals surface area contributed by atoms with Gasteiger partial charge in [-0.05, 0) is 28.4 Å². The SMILES string of the molecule is CNc1ncc(Br)cc1C(=O)NCCCS(N)(=O)=O. The van der Waals surface area contributed by atoms with E-state index in [1.165, 1.54) is 0 Å². The maximum absolute atomic E-state index is 11.9. The van der Waals surface area contributed by atoms with E-state index >= 15 is 0 Å². The predicted molar refractivity (Wildman–Crippen MR) is 76.4 cm³/mol. The highest BCUT2D eigenvalue weighted by atomic mass is 79.9. The molecule has 1 aromatic heterocycles. The van der Waals surface area contributed by atoms with Crippen molar-refractivity contribution >= 4 is 37.7 Å². The Hall–Kier alpha value is -1.19. The quantitative estimate of drug-likeness (QED) is 0.638. The fraction of sp³-hybridized carbons (Fsp3) is 0.400. The number of halogens is 1. The summed E-state index contributed by atoms with van der Waals surface area (Å²) in [7, 11) is -1.83. The molecular formula is C10H15BrN4O3S. The van der Waals surface area contributed by atoms with E-state index in [-0.39, 0.29) is 24.6 Å². The van der Waals surface area contributed by atoms with Crippen molar-refractivity contribution in [2.24, 2.45) is 5.14 Å². The second-order valence-corrected chi connectivity index (χ2v) is 6.43. The number of nitrogens with one attached hydrogen (secondary N) is 2. The summed E-state index contributed by atoms with van der Waals surface area (Å²) in [6, 6.07) is 1.63. The first-order valence-electron chi connectivity index (χ1n) is 5.45. The molecule has 0 saturated carbocycles. The number of carbonyl (C=O) groups excluding carboxylic acids is 1. The minimum atomic E-state index is -3.49. The number of pyridine rings is 1. The Balaban J connectivity index is 2.61. The van der Waals surface area contributed by atoms with Gasteiger partial charge in [-0.2, -0.15) is 0 Å². The Labute approximate surface area is 120 Å². The summed E-state index contributed by atoms with van der Waals surface area (Å²) in [6.07, 6.45) is 1.84. The van der Waals surface area contributed by atoms with E-state index in [2.05, 4.69) is 31.5 Å². The number of nitrogens with zero attached hydrogens (tertiary/aromatic N) is 1. The molecular weight excluding hydrogens is 336 g/mol. The minimum Gasteiger partial charge on any atom is -0.372 e. The van der Waals surface area contributed by atoms with E-state index in [1.54, 1.807) is 19.3 Å². The van der Waals surface area contributed by atoms with Crippen molar-refractivity contribution in [1.82, 2.24) is 10.3 Å². The molecule has 9 heteroatoms. The Morgan fingerprint density at radius 3 is 2.79 bits per heavy atom. The van der Waals surface area contributed by atoms with E-state index in [0.717, 1.165) is 0 Å². The van der Waals surface area contributed by atoms with Gasteiger partial charge in [0.05, 0.1) is 11.3 Å². The van der Waals surface area contributed by atoms with Gasteiger partial charge in [0.1, 0.15) is 5.82 Å². The van der Waals surface area contributed by atoms with Crippen LogP contribution in [0, 0.1) is 0 Å². The van der Waals surface area contributed by atoms with Crippen molar-refractivity contribution in [3.63, 3.8) is 0 Å². The molecule has 19 heavy (non-hydrogen) atoms. The number of primary sulfonamides is 1. The molecule has 0 atom stereocenters. The number of hydrogen-bond acceptors (Lipinski definition) is 5. The van der Waals surface area contributed by atoms with E-state index in [9.17, 15) is 13.2 Å². The third kappa shape index (κ3) is 5.53. The summed E-state index contributed by atoms with van der Waals surface area (Å²) in [5.41, 5.74) is 0.382. The van der Waals surface area contributed by atoms with Crippen LogP contribution in [-0.4, -0.2) is 38.7 Å². The number of nitrogens with two attached hydrogens (primary N) is 1. The van der Waals surface area contributed by atoms with Gasteiger partial charge in [0.25, 0.3) is 5.91 Å². The Kier molecular flexibility index (Phi) is 5.70. The Morgan fingerprint density at radius 2 is 2.21 bits per heavy atom. The van der Waals surface area contributed by atoms with Crippen LogP contribution in [0.3, 0.4) is 0 Å². The molecule has 1 aromatic rings. The normalized spacial score (nSPS) is 11.1. The number of sulfonamides is 1. The van der Waals surface area contributed by atoms with E-state index in [4.69, 9.17) is 5.14 Å². The molecule has 0 unspecified atom stereocenters. The van der Waals surface area contributed by atoms with Gasteiger partial charge in [-0.25, -0.2) is 18.5 Å². The zero-order valence-electron chi connectivity index (χ0n) is 10.3. The van der Waals surface area contributed by atoms with Crippen LogP contribution in [-0.2, 0) is 10.0 Å². The summed E-state index contributed by atoms with van der Waals surface area (Å²) in [5, 5.41) is 10.3. The van der Waals surface area contributed by atoms with Crippen LogP contribution >= 0.6 is 15.9 Å². The fourth-order valence-corrected chi connectivity index (χ4v) is 2.26. The van der Waals surface area contributed by atoms with Crippen LogP contribution in [0.4, 0.5) is 5.82 Å². The lowest BCUT2D eigenvalue weighted by atomic mass is 10.2. The fourth-order valence-electron chi connectivity index (χ4n) is 1.38. The predicted octanol–water partition coefficient (Wildman–Crippen LogP) is 0.294. The van der Waals surface area contributed by atoms with Crippen LogP contribution in [0.5, 0.6) is 0 Å². The molecule has 4 N–H and O–H groups in total. The van der Waals surface area contributed by atoms with Gasteiger partial charge in [-0.3, -0.25) is 4.79 Å². The maximum atomic E-state index is 11.9. The standard InChI is InChI=1S/C10H15BrN4O3S/c1-13-9-8(5-7(11)6-15-9)10(16)14-3-2-4-19(12,17)18/h5-6H,2-4H2,1H3,(H,13,15)(H,14,16)(H2,12,17,18). The largest absolute Gasteiger partial charge is 0.372 e. The first kappa shape index (κ1) is 15.9. The lowest BCUT2D eigenvalue weighted by Crippen LogP contribution is -2.28. The highest BCUT2D eigenvalue weighted by Crippen LogP contribution is 2.17. The van der Waals surface area contributed by atoms with Crippen molar-refractivity contribution in [3.05, 3.63) is 22.3 Å². The second kappa shape index (κ2) is 6.83. The lowest BCUT2D eigenvalue weighted by molar-refractivity contribution is 0.0954. The third-order valence-electron chi connectivity index (χ3n) is 2.23. The van der Waals surface area contributed by atoms with E-state index in [0.29, 0.717) is 15.9 Å². The Bertz CT molecular complexity index is 562. The van der Waals surface area contributed by atoms with Gasteiger partial charge in [-0.1, -0.05) is 0 Å². The smallest absolute Gasteiger partial charge is 0.255 e. The Morgan fingerprint density at radius 1 is 1.53 bits per heavy atom. The molecule has 0 fully saturated rings. The van der Waals surface area contributed by atoms with Crippen molar-refractivity contribution in [2.75, 3.05) is 24.7 Å². The van der Waals surface area contributed by atoms with Gasteiger partial charge in [-0.15, -0.1) is 0 Å². The highest BCUT2D eigenvalue weighted by molar-refractivity contribution is 9.10. The maximum Gasteiger partial charge on any atom is 0.255 e. The van der Waals surface area contributed by atoms with Crippen LogP contribution in [0.15, 0.2) is 16.7 Å². The second-order valence-electron chi connectivity index (χ2n) is 3.78. The molecule has 0 aliphatic rings. The molecule has 0 aliphatic heterocycles. The van der Waals surface area contributed by atoms with Crippen molar-refractivity contribution in [2.45, 2.75) is 6.42 Å². The molecule has 0 aliphatic carbocycles. The van der Waals surface area contributed by atoms with E-state index < -0.39 is 10.0 Å². The average molecular weight is 351 g/mol. The van der Waals surface area contributed by atoms with Gasteiger partial charge in [0, 0.05) is 24.3 Å². The molecule has 0 radical (unpaired) electrons. The first-order chi connectivity index (χ1) is 8.83. The topological polar surface area (TPSA) is 114 Å². The number of anilines is 1. The third-order valence-corrected chi connectivity index (χ3v) is 3.52. The first-order valence-corrected chi connectivity index (χ1v) is 7.96. The average Bonchev–Trinajstić information content (AvgIpc) is 2.33. The summed E-state index contributed by atoms with van der Waals surface area (Å²) in [6.45, 7) is 0.227. The number of hydrogen-bond donors (Lipinski definition) is 3. The molecule has 1 amide bonds. The number of amides is 1. The summed E-state index contributed by atoms with van der Waals surface area (Å²) in [5.74, 6) is -0.0391. The van der Waals surface area contributed by atoms with Gasteiger partial charge in [0.15, 0.2) is 0 Å². The van der Waals surface area contributed by atoms with Crippen LogP contribution in [0.25, 0.3) is 0 Å². The summed E-state index contributed by atoms with van der Waals surface area (Å²) >= 11 is 3.24. The van der Waals surface area contributed by atoms with E-state index in [1.807, 2.05) is 0 Å². The molecule has 0 bridgehead atoms. The van der Waals surface area contributed by atoms with Gasteiger partial charge in [0.2, 0.25) is 10.0 Å². The van der Waals surface area contributed by atoms with Crippen molar-refractivity contribution in [1.29, 1.82) is 0 Å². The minimum absolute atomic E-state index is 0.164. The lowest BCUT2D eigenvalue weighted by Gasteiger charge is -2.09. The van der Waals surface area contributed by atoms with Crippen LogP contribution in [0.1, 0.15) is 16.8 Å². The number of carbonyl (C=O) groups is 1. The monoisotopic (exact) mass is 350 g/mol. The van der Waals surface area contributed by atoms with Crippen LogP contribution < -0.4 is 15.8 Å². The van der Waals surface area contributed by atoms with Gasteiger partial charge < -0.3 is 10.6 Å². The molecule has 106 valence electrons. The zero-order chi connectivity index (χ0) is 14.5. The molecule has 0 spiro atoms. The molecule has 1 heterocycles. The molecule has 0 aromatic carbocycles. The highest BCUT2D eigenvalue weighted by Gasteiger charge is 2.12. The molecule has 1 rings (SSSR count). The molecule has 7 nitrogen and oxygen atoms in total. The van der Waals surface area contributed by atoms with Crippen LogP contribution in [0.2, 0.25) is 0 Å². The van der Waals surface area contributed by atoms with Crippen molar-refractivity contribution in [3.8, 4) is 0 Å². The van der Waals surface area contributed by atoms with Crippen molar-refractivity contribution < 1.29 is 13.2 Å². The van der Waals surface area contributed by atoms with Gasteiger partial charge >= 0.3 is 0 Å². The summed E-state index contributed by atoms with van der Waals surface area (Å²) in [4.78, 5) is 16.0. The number of aromatic nitrogens is 1. The summed E-state index contributed by atoms with van der Waals surface area (Å²) < 4.78 is 22.1. The molecule has 0 saturated heterocycles. The zero-order valence-corrected chi connectivity index (χ0v) is 12.7. The number of rotatable bonds is 6.